The van der Waals surface area contributed by atoms with Crippen LogP contribution in [0.4, 0.5) is 15.8 Å². The SMILES string of the molecule is Cc1ccccc1N1CCN([C@@H](C)C(=O)Nc2ccc(F)cc2)CC1. The van der Waals surface area contributed by atoms with Gasteiger partial charge in [-0.15, -0.1) is 0 Å². The predicted octanol–water partition coefficient (Wildman–Crippen LogP) is 3.28. The number of carbonyl (C=O) groups is 1. The van der Waals surface area contributed by atoms with Crippen LogP contribution in [-0.4, -0.2) is 43.0 Å². The highest BCUT2D eigenvalue weighted by molar-refractivity contribution is 5.94. The lowest BCUT2D eigenvalue weighted by molar-refractivity contribution is -0.120. The fraction of sp³-hybridized carbons (Fsp3) is 0.350. The fourth-order valence-corrected chi connectivity index (χ4v) is 3.21. The van der Waals surface area contributed by atoms with Crippen molar-refractivity contribution < 1.29 is 9.18 Å². The zero-order chi connectivity index (χ0) is 17.8. The molecular formula is C20H24FN3O. The van der Waals surface area contributed by atoms with Crippen molar-refractivity contribution in [3.05, 3.63) is 59.9 Å². The Hall–Kier alpha value is -2.40. The molecule has 1 N–H and O–H groups in total. The van der Waals surface area contributed by atoms with Gasteiger partial charge in [0.15, 0.2) is 0 Å². The molecule has 1 amide bonds. The van der Waals surface area contributed by atoms with Crippen molar-refractivity contribution in [3.63, 3.8) is 0 Å². The van der Waals surface area contributed by atoms with E-state index < -0.39 is 0 Å². The molecule has 1 fully saturated rings. The molecule has 1 heterocycles. The van der Waals surface area contributed by atoms with E-state index in [1.807, 2.05) is 6.92 Å². The van der Waals surface area contributed by atoms with Gasteiger partial charge in [0.2, 0.25) is 5.91 Å². The summed E-state index contributed by atoms with van der Waals surface area (Å²) in [5, 5.41) is 2.86. The highest BCUT2D eigenvalue weighted by Crippen LogP contribution is 2.21. The summed E-state index contributed by atoms with van der Waals surface area (Å²) >= 11 is 0. The van der Waals surface area contributed by atoms with Gasteiger partial charge in [-0.2, -0.15) is 0 Å². The summed E-state index contributed by atoms with van der Waals surface area (Å²) in [5.41, 5.74) is 3.17. The summed E-state index contributed by atoms with van der Waals surface area (Å²) in [7, 11) is 0. The van der Waals surface area contributed by atoms with Crippen molar-refractivity contribution >= 4 is 17.3 Å². The van der Waals surface area contributed by atoms with Crippen molar-refractivity contribution in [2.45, 2.75) is 19.9 Å². The van der Waals surface area contributed by atoms with Crippen LogP contribution in [-0.2, 0) is 4.79 Å². The van der Waals surface area contributed by atoms with Crippen LogP contribution in [0.5, 0.6) is 0 Å². The van der Waals surface area contributed by atoms with E-state index in [0.717, 1.165) is 26.2 Å². The second-order valence-electron chi connectivity index (χ2n) is 6.48. The summed E-state index contributed by atoms with van der Waals surface area (Å²) < 4.78 is 13.0. The quantitative estimate of drug-likeness (QED) is 0.927. The monoisotopic (exact) mass is 341 g/mol. The van der Waals surface area contributed by atoms with Crippen LogP contribution in [0, 0.1) is 12.7 Å². The molecule has 25 heavy (non-hydrogen) atoms. The summed E-state index contributed by atoms with van der Waals surface area (Å²) in [6, 6.07) is 14.0. The number of nitrogens with one attached hydrogen (secondary N) is 1. The van der Waals surface area contributed by atoms with E-state index in [2.05, 4.69) is 46.3 Å². The Labute approximate surface area is 148 Å². The zero-order valence-electron chi connectivity index (χ0n) is 14.7. The maximum Gasteiger partial charge on any atom is 0.241 e. The lowest BCUT2D eigenvalue weighted by Crippen LogP contribution is -2.53. The minimum absolute atomic E-state index is 0.0593. The topological polar surface area (TPSA) is 35.6 Å². The molecule has 4 nitrogen and oxygen atoms in total. The Morgan fingerprint density at radius 1 is 1.04 bits per heavy atom. The van der Waals surface area contributed by atoms with Gasteiger partial charge in [-0.1, -0.05) is 18.2 Å². The number of piperazine rings is 1. The number of hydrogen-bond donors (Lipinski definition) is 1. The molecule has 0 unspecified atom stereocenters. The van der Waals surface area contributed by atoms with Crippen LogP contribution in [0.15, 0.2) is 48.5 Å². The second-order valence-corrected chi connectivity index (χ2v) is 6.48. The number of aryl methyl sites for hydroxylation is 1. The Balaban J connectivity index is 1.56. The smallest absolute Gasteiger partial charge is 0.241 e. The van der Waals surface area contributed by atoms with Crippen LogP contribution in [0.1, 0.15) is 12.5 Å². The first kappa shape index (κ1) is 17.4. The molecule has 2 aromatic carbocycles. The van der Waals surface area contributed by atoms with Gasteiger partial charge in [-0.25, -0.2) is 4.39 Å². The number of nitrogens with zero attached hydrogens (tertiary/aromatic N) is 2. The van der Waals surface area contributed by atoms with E-state index in [4.69, 9.17) is 0 Å². The Morgan fingerprint density at radius 3 is 2.32 bits per heavy atom. The van der Waals surface area contributed by atoms with Crippen LogP contribution in [0.25, 0.3) is 0 Å². The first-order chi connectivity index (χ1) is 12.0. The third-order valence-electron chi connectivity index (χ3n) is 4.81. The average molecular weight is 341 g/mol. The number of amides is 1. The molecule has 1 aliphatic heterocycles. The maximum absolute atomic E-state index is 13.0. The molecule has 1 atom stereocenters. The van der Waals surface area contributed by atoms with Gasteiger partial charge in [-0.05, 0) is 49.7 Å². The Bertz CT molecular complexity index is 724. The second kappa shape index (κ2) is 7.66. The van der Waals surface area contributed by atoms with Crippen molar-refractivity contribution in [1.82, 2.24) is 4.90 Å². The first-order valence-corrected chi connectivity index (χ1v) is 8.65. The summed E-state index contributed by atoms with van der Waals surface area (Å²) in [4.78, 5) is 17.0. The fourth-order valence-electron chi connectivity index (χ4n) is 3.21. The standard InChI is InChI=1S/C20H24FN3O/c1-15-5-3-4-6-19(15)24-13-11-23(12-14-24)16(2)20(25)22-18-9-7-17(21)8-10-18/h3-10,16H,11-14H2,1-2H3,(H,22,25)/t16-/m0/s1. The van der Waals surface area contributed by atoms with E-state index in [9.17, 15) is 9.18 Å². The molecular weight excluding hydrogens is 317 g/mol. The highest BCUT2D eigenvalue weighted by atomic mass is 19.1. The minimum Gasteiger partial charge on any atom is -0.369 e. The molecule has 0 saturated carbocycles. The van der Waals surface area contributed by atoms with Gasteiger partial charge < -0.3 is 10.2 Å². The number of benzene rings is 2. The zero-order valence-corrected chi connectivity index (χ0v) is 14.7. The highest BCUT2D eigenvalue weighted by Gasteiger charge is 2.26. The molecule has 0 aliphatic carbocycles. The number of para-hydroxylation sites is 1. The lowest BCUT2D eigenvalue weighted by atomic mass is 10.1. The molecule has 5 heteroatoms. The minimum atomic E-state index is -0.307. The van der Waals surface area contributed by atoms with Crippen LogP contribution < -0.4 is 10.2 Å². The van der Waals surface area contributed by atoms with Crippen molar-refractivity contribution in [1.29, 1.82) is 0 Å². The average Bonchev–Trinajstić information content (AvgIpc) is 2.63. The molecule has 3 rings (SSSR count). The Morgan fingerprint density at radius 2 is 1.68 bits per heavy atom. The molecule has 0 aromatic heterocycles. The summed E-state index contributed by atoms with van der Waals surface area (Å²) in [6.07, 6.45) is 0. The third-order valence-corrected chi connectivity index (χ3v) is 4.81. The van der Waals surface area contributed by atoms with Gasteiger partial charge in [0.1, 0.15) is 5.82 Å². The third kappa shape index (κ3) is 4.17. The van der Waals surface area contributed by atoms with E-state index in [0.29, 0.717) is 5.69 Å². The summed E-state index contributed by atoms with van der Waals surface area (Å²) in [6.45, 7) is 7.53. The van der Waals surface area contributed by atoms with Gasteiger partial charge in [-0.3, -0.25) is 9.69 Å². The van der Waals surface area contributed by atoms with E-state index in [-0.39, 0.29) is 17.8 Å². The largest absolute Gasteiger partial charge is 0.369 e. The molecule has 0 bridgehead atoms. The van der Waals surface area contributed by atoms with Gasteiger partial charge in [0, 0.05) is 37.6 Å². The van der Waals surface area contributed by atoms with Crippen molar-refractivity contribution in [2.75, 3.05) is 36.4 Å². The van der Waals surface area contributed by atoms with E-state index in [1.165, 1.54) is 23.4 Å². The van der Waals surface area contributed by atoms with Gasteiger partial charge >= 0.3 is 0 Å². The van der Waals surface area contributed by atoms with E-state index >= 15 is 0 Å². The van der Waals surface area contributed by atoms with Gasteiger partial charge in [0.25, 0.3) is 0 Å². The molecule has 0 spiro atoms. The molecule has 2 aromatic rings. The molecule has 1 saturated heterocycles. The summed E-state index contributed by atoms with van der Waals surface area (Å²) in [5.74, 6) is -0.366. The molecule has 0 radical (unpaired) electrons. The Kier molecular flexibility index (Phi) is 5.34. The maximum atomic E-state index is 13.0. The van der Waals surface area contributed by atoms with Crippen molar-refractivity contribution in [3.8, 4) is 0 Å². The van der Waals surface area contributed by atoms with Gasteiger partial charge in [0.05, 0.1) is 6.04 Å². The van der Waals surface area contributed by atoms with Crippen LogP contribution >= 0.6 is 0 Å². The van der Waals surface area contributed by atoms with Crippen LogP contribution in [0.2, 0.25) is 0 Å². The van der Waals surface area contributed by atoms with E-state index in [1.54, 1.807) is 12.1 Å². The first-order valence-electron chi connectivity index (χ1n) is 8.65. The predicted molar refractivity (Wildman–Crippen MR) is 99.5 cm³/mol. The lowest BCUT2D eigenvalue weighted by Gasteiger charge is -2.39. The molecule has 132 valence electrons. The van der Waals surface area contributed by atoms with Crippen molar-refractivity contribution in [2.24, 2.45) is 0 Å². The number of carbonyl (C=O) groups excluding carboxylic acids is 1. The van der Waals surface area contributed by atoms with Crippen LogP contribution in [0.3, 0.4) is 0 Å². The molecule has 1 aliphatic rings. The number of halogens is 1. The number of hydrogen-bond acceptors (Lipinski definition) is 3. The normalized spacial score (nSPS) is 16.5. The number of rotatable bonds is 4. The number of anilines is 2.